The Balaban J connectivity index is 2.48. The van der Waals surface area contributed by atoms with Crippen LogP contribution in [0.5, 0.6) is 0 Å². The number of hydrogen-bond acceptors (Lipinski definition) is 4. The van der Waals surface area contributed by atoms with Crippen LogP contribution >= 0.6 is 0 Å². The van der Waals surface area contributed by atoms with Crippen LogP contribution in [0, 0.1) is 0 Å². The van der Waals surface area contributed by atoms with Gasteiger partial charge in [-0.15, -0.1) is 0 Å². The lowest BCUT2D eigenvalue weighted by molar-refractivity contribution is 0.290. The van der Waals surface area contributed by atoms with Crippen molar-refractivity contribution in [3.63, 3.8) is 0 Å². The van der Waals surface area contributed by atoms with Crippen LogP contribution in [0.2, 0.25) is 0 Å². The highest BCUT2D eigenvalue weighted by Gasteiger charge is 2.30. The van der Waals surface area contributed by atoms with Crippen molar-refractivity contribution in [1.29, 1.82) is 0 Å². The fraction of sp³-hybridized carbons (Fsp3) is 0.333. The van der Waals surface area contributed by atoms with E-state index in [1.165, 1.54) is 4.57 Å². The molecule has 1 unspecified atom stereocenters. The van der Waals surface area contributed by atoms with Crippen molar-refractivity contribution in [2.45, 2.75) is 19.4 Å². The van der Waals surface area contributed by atoms with Gasteiger partial charge >= 0.3 is 5.69 Å². The molecule has 1 saturated carbocycles. The van der Waals surface area contributed by atoms with Crippen molar-refractivity contribution in [2.24, 2.45) is 0 Å². The van der Waals surface area contributed by atoms with Crippen molar-refractivity contribution < 1.29 is 5.11 Å². The van der Waals surface area contributed by atoms with Crippen molar-refractivity contribution in [3.05, 3.63) is 28.3 Å². The van der Waals surface area contributed by atoms with E-state index in [1.807, 2.05) is 0 Å². The first kappa shape index (κ1) is 8.96. The van der Waals surface area contributed by atoms with E-state index < -0.39 is 5.69 Å². The predicted octanol–water partition coefficient (Wildman–Crippen LogP) is -0.179. The van der Waals surface area contributed by atoms with E-state index in [4.69, 9.17) is 5.73 Å². The number of aromatic nitrogens is 2. The van der Waals surface area contributed by atoms with E-state index >= 15 is 0 Å². The van der Waals surface area contributed by atoms with E-state index in [2.05, 4.69) is 4.98 Å². The normalized spacial score (nSPS) is 23.4. The molecule has 0 aliphatic heterocycles. The number of nitrogen functional groups attached to an aromatic ring is 1. The molecular weight excluding hydrogens is 182 g/mol. The van der Waals surface area contributed by atoms with E-state index in [0.29, 0.717) is 6.42 Å². The van der Waals surface area contributed by atoms with Crippen molar-refractivity contribution in [1.82, 2.24) is 9.55 Å². The minimum atomic E-state index is -0.408. The van der Waals surface area contributed by atoms with E-state index in [1.54, 1.807) is 19.2 Å². The van der Waals surface area contributed by atoms with Gasteiger partial charge in [0.25, 0.3) is 0 Å². The van der Waals surface area contributed by atoms with Crippen molar-refractivity contribution >= 4 is 11.5 Å². The molecule has 0 amide bonds. The summed E-state index contributed by atoms with van der Waals surface area (Å²) in [5.74, 6) is 0.209. The molecular formula is C9H11N3O2. The van der Waals surface area contributed by atoms with Gasteiger partial charge in [-0.05, 0) is 18.6 Å². The minimum Gasteiger partial charge on any atom is -0.388 e. The average Bonchev–Trinajstić information content (AvgIpc) is 2.81. The molecule has 1 aliphatic carbocycles. The number of hydrogen-bond donors (Lipinski definition) is 2. The van der Waals surface area contributed by atoms with Gasteiger partial charge in [-0.25, -0.2) is 4.79 Å². The van der Waals surface area contributed by atoms with Gasteiger partial charge in [-0.2, -0.15) is 4.98 Å². The smallest absolute Gasteiger partial charge is 0.353 e. The number of allylic oxidation sites excluding steroid dienone is 1. The highest BCUT2D eigenvalue weighted by Crippen LogP contribution is 2.33. The minimum absolute atomic E-state index is 0.209. The van der Waals surface area contributed by atoms with Gasteiger partial charge in [-0.1, -0.05) is 0 Å². The Morgan fingerprint density at radius 3 is 2.93 bits per heavy atom. The Hall–Kier alpha value is -1.62. The third-order valence-electron chi connectivity index (χ3n) is 2.31. The van der Waals surface area contributed by atoms with Gasteiger partial charge in [0.1, 0.15) is 5.82 Å². The van der Waals surface area contributed by atoms with Crippen LogP contribution in [0.15, 0.2) is 22.6 Å². The van der Waals surface area contributed by atoms with E-state index in [9.17, 15) is 9.90 Å². The molecule has 1 atom stereocenters. The zero-order chi connectivity index (χ0) is 10.3. The van der Waals surface area contributed by atoms with Crippen LogP contribution in [-0.2, 0) is 0 Å². The second kappa shape index (κ2) is 2.95. The predicted molar refractivity (Wildman–Crippen MR) is 52.4 cm³/mol. The zero-order valence-electron chi connectivity index (χ0n) is 7.77. The van der Waals surface area contributed by atoms with Gasteiger partial charge < -0.3 is 10.8 Å². The second-order valence-corrected chi connectivity index (χ2v) is 3.34. The number of nitrogens with two attached hydrogens (primary N) is 1. The highest BCUT2D eigenvalue weighted by atomic mass is 16.3. The quantitative estimate of drug-likeness (QED) is 0.648. The summed E-state index contributed by atoms with van der Waals surface area (Å²) in [5, 5.41) is 9.19. The van der Waals surface area contributed by atoms with Gasteiger partial charge in [-0.3, -0.25) is 4.57 Å². The molecule has 2 rings (SSSR count). The summed E-state index contributed by atoms with van der Waals surface area (Å²) in [7, 11) is 0. The Labute approximate surface area is 80.5 Å². The van der Waals surface area contributed by atoms with Gasteiger partial charge in [0.15, 0.2) is 0 Å². The number of anilines is 1. The standard InChI is InChI=1S/C9H11N3O2/c1-5(6-4-7(6)13)12-3-2-8(10)11-9(12)14/h2-3,7,13H,4H2,1H3,(H2,10,11,14). The van der Waals surface area contributed by atoms with Gasteiger partial charge in [0.05, 0.1) is 6.10 Å². The lowest BCUT2D eigenvalue weighted by Crippen LogP contribution is -2.21. The summed E-state index contributed by atoms with van der Waals surface area (Å²) >= 11 is 0. The van der Waals surface area contributed by atoms with Crippen LogP contribution in [-0.4, -0.2) is 20.8 Å². The van der Waals surface area contributed by atoms with Crippen LogP contribution in [0.1, 0.15) is 13.3 Å². The molecule has 1 aromatic rings. The molecule has 14 heavy (non-hydrogen) atoms. The molecule has 0 saturated heterocycles. The third kappa shape index (κ3) is 1.42. The molecule has 3 N–H and O–H groups in total. The molecule has 1 heterocycles. The Kier molecular flexibility index (Phi) is 1.89. The lowest BCUT2D eigenvalue weighted by atomic mass is 10.4. The summed E-state index contributed by atoms with van der Waals surface area (Å²) in [6.07, 6.45) is 1.82. The van der Waals surface area contributed by atoms with Crippen molar-refractivity contribution in [2.75, 3.05) is 5.73 Å². The summed E-state index contributed by atoms with van der Waals surface area (Å²) in [4.78, 5) is 15.0. The molecule has 0 bridgehead atoms. The molecule has 5 heteroatoms. The monoisotopic (exact) mass is 193 g/mol. The fourth-order valence-corrected chi connectivity index (χ4v) is 1.36. The number of nitrogens with zero attached hydrogens (tertiary/aromatic N) is 2. The maximum atomic E-state index is 11.4. The molecule has 5 nitrogen and oxygen atoms in total. The lowest BCUT2D eigenvalue weighted by Gasteiger charge is -2.03. The van der Waals surface area contributed by atoms with Gasteiger partial charge in [0, 0.05) is 18.3 Å². The van der Waals surface area contributed by atoms with Crippen LogP contribution < -0.4 is 11.4 Å². The van der Waals surface area contributed by atoms with Crippen LogP contribution in [0.25, 0.3) is 5.70 Å². The number of aliphatic hydroxyl groups excluding tert-OH is 1. The molecule has 1 aromatic heterocycles. The van der Waals surface area contributed by atoms with Crippen LogP contribution in [0.4, 0.5) is 5.82 Å². The Morgan fingerprint density at radius 2 is 2.43 bits per heavy atom. The van der Waals surface area contributed by atoms with E-state index in [-0.39, 0.29) is 11.9 Å². The summed E-state index contributed by atoms with van der Waals surface area (Å²) in [6.45, 7) is 1.78. The topological polar surface area (TPSA) is 81.1 Å². The first-order valence-corrected chi connectivity index (χ1v) is 4.33. The zero-order valence-corrected chi connectivity index (χ0v) is 7.77. The first-order valence-electron chi connectivity index (χ1n) is 4.33. The SMILES string of the molecule is CC(=C1CC1O)n1ccc(N)nc1=O. The molecule has 1 fully saturated rings. The maximum Gasteiger partial charge on any atom is 0.353 e. The Bertz CT molecular complexity index is 461. The third-order valence-corrected chi connectivity index (χ3v) is 2.31. The van der Waals surface area contributed by atoms with E-state index in [0.717, 1.165) is 11.3 Å². The van der Waals surface area contributed by atoms with Crippen molar-refractivity contribution in [3.8, 4) is 0 Å². The summed E-state index contributed by atoms with van der Waals surface area (Å²) in [6, 6.07) is 1.56. The van der Waals surface area contributed by atoms with Gasteiger partial charge in [0.2, 0.25) is 0 Å². The molecule has 1 aliphatic rings. The molecule has 0 radical (unpaired) electrons. The molecule has 0 aromatic carbocycles. The molecule has 74 valence electrons. The largest absolute Gasteiger partial charge is 0.388 e. The second-order valence-electron chi connectivity index (χ2n) is 3.34. The fourth-order valence-electron chi connectivity index (χ4n) is 1.36. The Morgan fingerprint density at radius 1 is 1.79 bits per heavy atom. The number of aliphatic hydroxyl groups is 1. The average molecular weight is 193 g/mol. The first-order chi connectivity index (χ1) is 6.59. The summed E-state index contributed by atoms with van der Waals surface area (Å²) < 4.78 is 1.39. The summed E-state index contributed by atoms with van der Waals surface area (Å²) in [5.41, 5.74) is 6.58. The number of rotatable bonds is 1. The molecule has 0 spiro atoms. The maximum absolute atomic E-state index is 11.4. The van der Waals surface area contributed by atoms with Crippen LogP contribution in [0.3, 0.4) is 0 Å². The highest BCUT2D eigenvalue weighted by molar-refractivity contribution is 5.56.